The summed E-state index contributed by atoms with van der Waals surface area (Å²) < 4.78 is 33.2. The second-order valence-electron chi connectivity index (χ2n) is 5.84. The minimum absolute atomic E-state index is 0.0139. The summed E-state index contributed by atoms with van der Waals surface area (Å²) in [4.78, 5) is 11.4. The first-order valence-electron chi connectivity index (χ1n) is 7.31. The van der Waals surface area contributed by atoms with Crippen molar-refractivity contribution in [3.8, 4) is 6.07 Å². The van der Waals surface area contributed by atoms with Gasteiger partial charge in [-0.1, -0.05) is 0 Å². The van der Waals surface area contributed by atoms with Crippen LogP contribution in [0, 0.1) is 16.7 Å². The van der Waals surface area contributed by atoms with Crippen molar-refractivity contribution < 1.29 is 17.9 Å². The lowest BCUT2D eigenvalue weighted by Gasteiger charge is -2.28. The lowest BCUT2D eigenvalue weighted by Crippen LogP contribution is -2.45. The van der Waals surface area contributed by atoms with Gasteiger partial charge in [0, 0.05) is 58.1 Å². The van der Waals surface area contributed by atoms with Crippen molar-refractivity contribution in [2.75, 3.05) is 46.4 Å². The first kappa shape index (κ1) is 17.1. The van der Waals surface area contributed by atoms with Crippen LogP contribution in [0.4, 0.5) is 0 Å². The van der Waals surface area contributed by atoms with E-state index < -0.39 is 10.2 Å². The van der Waals surface area contributed by atoms with Crippen molar-refractivity contribution in [1.29, 1.82) is 5.26 Å². The fourth-order valence-corrected chi connectivity index (χ4v) is 4.72. The van der Waals surface area contributed by atoms with E-state index in [0.717, 1.165) is 0 Å². The Labute approximate surface area is 131 Å². The number of methoxy groups -OCH3 is 1. The van der Waals surface area contributed by atoms with E-state index in [1.807, 2.05) is 6.07 Å². The molecule has 2 heterocycles. The summed E-state index contributed by atoms with van der Waals surface area (Å²) >= 11 is 0. The topological polar surface area (TPSA) is 103 Å². The highest BCUT2D eigenvalue weighted by Gasteiger charge is 2.48. The molecule has 2 saturated heterocycles. The number of nitriles is 1. The second kappa shape index (κ2) is 6.91. The SMILES string of the molecule is COCCN(CCC#N)S(=O)(=O)N1CC[C@]2(CNC(=O)C2)C1. The molecule has 0 aromatic heterocycles. The summed E-state index contributed by atoms with van der Waals surface area (Å²) in [6.07, 6.45) is 1.21. The molecule has 22 heavy (non-hydrogen) atoms. The Morgan fingerprint density at radius 3 is 2.86 bits per heavy atom. The Morgan fingerprint density at radius 1 is 1.50 bits per heavy atom. The third kappa shape index (κ3) is 3.57. The van der Waals surface area contributed by atoms with Gasteiger partial charge >= 0.3 is 0 Å². The van der Waals surface area contributed by atoms with Gasteiger partial charge in [0.25, 0.3) is 10.2 Å². The standard InChI is InChI=1S/C13H22N4O4S/c1-21-8-7-16(5-2-4-14)22(19,20)17-6-3-13(11-17)9-12(18)15-10-13/h2-3,5-11H2,1H3,(H,15,18)/t13-/m0/s1. The number of nitrogens with zero attached hydrogens (tertiary/aromatic N) is 3. The average molecular weight is 330 g/mol. The molecule has 1 atom stereocenters. The summed E-state index contributed by atoms with van der Waals surface area (Å²) in [5.41, 5.74) is -0.272. The molecule has 1 spiro atoms. The number of amides is 1. The van der Waals surface area contributed by atoms with Crippen LogP contribution in [0.25, 0.3) is 0 Å². The average Bonchev–Trinajstić information content (AvgIpc) is 3.06. The van der Waals surface area contributed by atoms with Crippen LogP contribution in [0.2, 0.25) is 0 Å². The third-order valence-electron chi connectivity index (χ3n) is 4.27. The molecular formula is C13H22N4O4S. The van der Waals surface area contributed by atoms with E-state index in [9.17, 15) is 13.2 Å². The van der Waals surface area contributed by atoms with Crippen LogP contribution in [0.5, 0.6) is 0 Å². The first-order chi connectivity index (χ1) is 10.4. The van der Waals surface area contributed by atoms with Crippen LogP contribution in [-0.2, 0) is 19.7 Å². The van der Waals surface area contributed by atoms with E-state index >= 15 is 0 Å². The summed E-state index contributed by atoms with van der Waals surface area (Å²) in [5, 5.41) is 11.5. The normalized spacial score (nSPS) is 25.8. The zero-order valence-electron chi connectivity index (χ0n) is 12.7. The predicted octanol–water partition coefficient (Wildman–Crippen LogP) is -0.695. The zero-order valence-corrected chi connectivity index (χ0v) is 13.6. The van der Waals surface area contributed by atoms with Gasteiger partial charge in [-0.25, -0.2) is 0 Å². The number of carbonyl (C=O) groups is 1. The van der Waals surface area contributed by atoms with Crippen molar-refractivity contribution in [1.82, 2.24) is 13.9 Å². The maximum Gasteiger partial charge on any atom is 0.282 e. The third-order valence-corrected chi connectivity index (χ3v) is 6.25. The summed E-state index contributed by atoms with van der Waals surface area (Å²) in [5.74, 6) is -0.0139. The molecule has 1 amide bonds. The molecule has 0 bridgehead atoms. The minimum Gasteiger partial charge on any atom is -0.383 e. The van der Waals surface area contributed by atoms with Crippen LogP contribution >= 0.6 is 0 Å². The van der Waals surface area contributed by atoms with Crippen LogP contribution in [0.15, 0.2) is 0 Å². The van der Waals surface area contributed by atoms with Gasteiger partial charge in [-0.15, -0.1) is 0 Å². The number of carbonyl (C=O) groups excluding carboxylic acids is 1. The Morgan fingerprint density at radius 2 is 2.27 bits per heavy atom. The Bertz CT molecular complexity index is 559. The second-order valence-corrected chi connectivity index (χ2v) is 7.77. The van der Waals surface area contributed by atoms with Crippen molar-refractivity contribution in [2.24, 2.45) is 5.41 Å². The quantitative estimate of drug-likeness (QED) is 0.665. The lowest BCUT2D eigenvalue weighted by atomic mass is 9.86. The monoisotopic (exact) mass is 330 g/mol. The van der Waals surface area contributed by atoms with E-state index in [2.05, 4.69) is 5.32 Å². The molecule has 2 aliphatic rings. The van der Waals surface area contributed by atoms with Crippen molar-refractivity contribution in [3.05, 3.63) is 0 Å². The molecule has 0 aromatic carbocycles. The predicted molar refractivity (Wildman–Crippen MR) is 78.8 cm³/mol. The molecule has 0 saturated carbocycles. The summed E-state index contributed by atoms with van der Waals surface area (Å²) in [7, 11) is -2.12. The molecule has 0 aliphatic carbocycles. The molecule has 8 nitrogen and oxygen atoms in total. The molecule has 1 N–H and O–H groups in total. The van der Waals surface area contributed by atoms with Crippen molar-refractivity contribution in [3.63, 3.8) is 0 Å². The number of ether oxygens (including phenoxy) is 1. The molecule has 124 valence electrons. The molecule has 0 aromatic rings. The van der Waals surface area contributed by atoms with Crippen LogP contribution < -0.4 is 5.32 Å². The summed E-state index contributed by atoms with van der Waals surface area (Å²) in [6.45, 7) is 1.96. The highest BCUT2D eigenvalue weighted by molar-refractivity contribution is 7.86. The van der Waals surface area contributed by atoms with Gasteiger partial charge in [-0.3, -0.25) is 4.79 Å². The van der Waals surface area contributed by atoms with E-state index in [1.54, 1.807) is 0 Å². The Hall–Kier alpha value is -1.21. The molecule has 2 fully saturated rings. The van der Waals surface area contributed by atoms with E-state index in [-0.39, 0.29) is 37.4 Å². The van der Waals surface area contributed by atoms with E-state index in [0.29, 0.717) is 32.5 Å². The molecular weight excluding hydrogens is 308 g/mol. The molecule has 0 radical (unpaired) electrons. The number of hydrogen-bond donors (Lipinski definition) is 1. The number of hydrogen-bond acceptors (Lipinski definition) is 5. The smallest absolute Gasteiger partial charge is 0.282 e. The number of nitrogens with one attached hydrogen (secondary N) is 1. The van der Waals surface area contributed by atoms with Crippen LogP contribution in [0.1, 0.15) is 19.3 Å². The van der Waals surface area contributed by atoms with Crippen molar-refractivity contribution >= 4 is 16.1 Å². The molecule has 0 unspecified atom stereocenters. The summed E-state index contributed by atoms with van der Waals surface area (Å²) in [6, 6.07) is 1.97. The first-order valence-corrected chi connectivity index (χ1v) is 8.71. The lowest BCUT2D eigenvalue weighted by molar-refractivity contribution is -0.119. The maximum atomic E-state index is 12.7. The Kier molecular flexibility index (Phi) is 5.39. The molecule has 2 rings (SSSR count). The molecule has 2 aliphatic heterocycles. The van der Waals surface area contributed by atoms with Crippen LogP contribution in [-0.4, -0.2) is 69.4 Å². The molecule has 9 heteroatoms. The van der Waals surface area contributed by atoms with Gasteiger partial charge in [0.1, 0.15) is 0 Å². The zero-order chi connectivity index (χ0) is 16.2. The fraction of sp³-hybridized carbons (Fsp3) is 0.846. The van der Waals surface area contributed by atoms with E-state index in [4.69, 9.17) is 10.00 Å². The van der Waals surface area contributed by atoms with Gasteiger partial charge in [0.2, 0.25) is 5.91 Å². The number of rotatable bonds is 7. The Balaban J connectivity index is 2.07. The fourth-order valence-electron chi connectivity index (χ4n) is 3.00. The largest absolute Gasteiger partial charge is 0.383 e. The van der Waals surface area contributed by atoms with Gasteiger partial charge < -0.3 is 10.1 Å². The highest BCUT2D eigenvalue weighted by atomic mass is 32.2. The van der Waals surface area contributed by atoms with E-state index in [1.165, 1.54) is 15.7 Å². The maximum absolute atomic E-state index is 12.7. The van der Waals surface area contributed by atoms with Gasteiger partial charge in [-0.2, -0.15) is 22.3 Å². The van der Waals surface area contributed by atoms with Crippen molar-refractivity contribution in [2.45, 2.75) is 19.3 Å². The minimum atomic E-state index is -3.63. The van der Waals surface area contributed by atoms with Gasteiger partial charge in [-0.05, 0) is 6.42 Å². The van der Waals surface area contributed by atoms with Gasteiger partial charge in [0.05, 0.1) is 12.7 Å². The van der Waals surface area contributed by atoms with Crippen LogP contribution in [0.3, 0.4) is 0 Å². The van der Waals surface area contributed by atoms with Gasteiger partial charge in [0.15, 0.2) is 0 Å². The highest BCUT2D eigenvalue weighted by Crippen LogP contribution is 2.38.